The van der Waals surface area contributed by atoms with E-state index in [1.165, 1.54) is 0 Å². The fraction of sp³-hybridized carbons (Fsp3) is 0.800. The maximum absolute atomic E-state index is 12.5. The topological polar surface area (TPSA) is 12.5 Å². The molecule has 0 bridgehead atoms. The quantitative estimate of drug-likeness (QED) is 0.624. The fourth-order valence-corrected chi connectivity index (χ4v) is 2.63. The van der Waals surface area contributed by atoms with Crippen molar-refractivity contribution < 1.29 is 69.1 Å². The van der Waals surface area contributed by atoms with Crippen molar-refractivity contribution >= 4 is 6.98 Å². The van der Waals surface area contributed by atoms with Crippen LogP contribution in [0, 0.1) is 0 Å². The Balaban J connectivity index is 0.00000144. The van der Waals surface area contributed by atoms with Crippen LogP contribution in [0.4, 0.5) is 12.9 Å². The van der Waals surface area contributed by atoms with Crippen LogP contribution in [0.25, 0.3) is 0 Å². The minimum Gasteiger partial charge on any atom is -0.445 e. The fourth-order valence-electron chi connectivity index (χ4n) is 2.63. The van der Waals surface area contributed by atoms with Gasteiger partial charge < -0.3 is 17.7 Å². The van der Waals surface area contributed by atoms with Crippen molar-refractivity contribution in [2.45, 2.75) is 24.8 Å². The average molecular weight is 273 g/mol. The van der Waals surface area contributed by atoms with Gasteiger partial charge >= 0.3 is 58.4 Å². The van der Waals surface area contributed by atoms with Crippen LogP contribution in [-0.2, 0) is 4.74 Å². The van der Waals surface area contributed by atoms with Gasteiger partial charge in [0.15, 0.2) is 0 Å². The third-order valence-electron chi connectivity index (χ3n) is 3.68. The SMILES string of the molecule is C=C(CN1CCCC12CCOC2)[B-](F)(F)F.[K+]. The predicted molar refractivity (Wildman–Crippen MR) is 57.2 cm³/mol. The van der Waals surface area contributed by atoms with Gasteiger partial charge in [-0.15, -0.1) is 12.1 Å². The van der Waals surface area contributed by atoms with E-state index in [-0.39, 0.29) is 63.5 Å². The first-order valence-corrected chi connectivity index (χ1v) is 5.64. The zero-order chi connectivity index (χ0) is 11.8. The second kappa shape index (κ2) is 6.07. The summed E-state index contributed by atoms with van der Waals surface area (Å²) in [7, 11) is 0. The van der Waals surface area contributed by atoms with Gasteiger partial charge in [0.25, 0.3) is 0 Å². The van der Waals surface area contributed by atoms with Crippen molar-refractivity contribution in [3.63, 3.8) is 0 Å². The molecule has 2 nitrogen and oxygen atoms in total. The first-order chi connectivity index (χ1) is 7.44. The van der Waals surface area contributed by atoms with E-state index in [9.17, 15) is 12.9 Å². The van der Waals surface area contributed by atoms with Crippen molar-refractivity contribution in [2.75, 3.05) is 26.3 Å². The van der Waals surface area contributed by atoms with Gasteiger partial charge in [-0.1, -0.05) is 0 Å². The van der Waals surface area contributed by atoms with E-state index in [0.29, 0.717) is 13.2 Å². The van der Waals surface area contributed by atoms with E-state index < -0.39 is 12.4 Å². The van der Waals surface area contributed by atoms with E-state index in [4.69, 9.17) is 4.74 Å². The van der Waals surface area contributed by atoms with Gasteiger partial charge in [-0.3, -0.25) is 4.90 Å². The molecular weight excluding hydrogens is 257 g/mol. The summed E-state index contributed by atoms with van der Waals surface area (Å²) in [6, 6.07) is 0. The summed E-state index contributed by atoms with van der Waals surface area (Å²) in [4.78, 5) is 1.91. The van der Waals surface area contributed by atoms with E-state index in [1.807, 2.05) is 4.90 Å². The normalized spacial score (nSPS) is 29.6. The molecule has 0 aromatic heterocycles. The number of likely N-dealkylation sites (tertiary alicyclic amines) is 1. The summed E-state index contributed by atoms with van der Waals surface area (Å²) in [6.07, 6.45) is 2.76. The zero-order valence-electron chi connectivity index (χ0n) is 10.2. The van der Waals surface area contributed by atoms with Crippen LogP contribution in [0.15, 0.2) is 12.1 Å². The molecule has 0 radical (unpaired) electrons. The molecule has 0 aromatic carbocycles. The van der Waals surface area contributed by atoms with E-state index in [1.54, 1.807) is 0 Å². The molecule has 2 fully saturated rings. The van der Waals surface area contributed by atoms with Crippen molar-refractivity contribution in [3.8, 4) is 0 Å². The summed E-state index contributed by atoms with van der Waals surface area (Å²) in [5, 5.41) is 0. The Hall–Kier alpha value is 1.15. The van der Waals surface area contributed by atoms with Crippen LogP contribution in [0.1, 0.15) is 19.3 Å². The largest absolute Gasteiger partial charge is 1.00 e. The molecule has 1 spiro atoms. The van der Waals surface area contributed by atoms with Crippen LogP contribution in [0.3, 0.4) is 0 Å². The van der Waals surface area contributed by atoms with Gasteiger partial charge in [-0.25, -0.2) is 0 Å². The summed E-state index contributed by atoms with van der Waals surface area (Å²) in [5.41, 5.74) is -0.724. The molecule has 0 amide bonds. The Kier molecular flexibility index (Phi) is 5.79. The number of ether oxygens (including phenoxy) is 1. The molecule has 2 saturated heterocycles. The second-order valence-corrected chi connectivity index (χ2v) is 4.79. The van der Waals surface area contributed by atoms with Gasteiger partial charge in [0.2, 0.25) is 0 Å². The van der Waals surface area contributed by atoms with Crippen LogP contribution in [0.5, 0.6) is 0 Å². The smallest absolute Gasteiger partial charge is 0.445 e. The number of halogens is 3. The zero-order valence-corrected chi connectivity index (χ0v) is 13.3. The van der Waals surface area contributed by atoms with Gasteiger partial charge in [0.05, 0.1) is 6.61 Å². The number of nitrogens with zero attached hydrogens (tertiary/aromatic N) is 1. The Morgan fingerprint density at radius 1 is 1.35 bits per heavy atom. The Morgan fingerprint density at radius 2 is 2.06 bits per heavy atom. The van der Waals surface area contributed by atoms with Gasteiger partial charge in [-0.2, -0.15) is 0 Å². The minimum absolute atomic E-state index is 0. The standard InChI is InChI=1S/C10H16BF3NO.K/c1-9(11(12,13)14)7-15-5-2-3-10(15)4-6-16-8-10;/h1-8H2;/q-1;+1. The predicted octanol–water partition coefficient (Wildman–Crippen LogP) is -0.812. The summed E-state index contributed by atoms with van der Waals surface area (Å²) >= 11 is 0. The molecule has 0 saturated carbocycles. The summed E-state index contributed by atoms with van der Waals surface area (Å²) < 4.78 is 42.8. The van der Waals surface area contributed by atoms with E-state index in [0.717, 1.165) is 25.8 Å². The molecule has 92 valence electrons. The first kappa shape index (κ1) is 16.2. The van der Waals surface area contributed by atoms with Crippen molar-refractivity contribution in [1.29, 1.82) is 0 Å². The third-order valence-corrected chi connectivity index (χ3v) is 3.68. The summed E-state index contributed by atoms with van der Waals surface area (Å²) in [6.45, 7) is 0.184. The molecule has 2 heterocycles. The van der Waals surface area contributed by atoms with Crippen LogP contribution < -0.4 is 51.4 Å². The van der Waals surface area contributed by atoms with Crippen LogP contribution >= 0.6 is 0 Å². The number of hydrogen-bond acceptors (Lipinski definition) is 2. The van der Waals surface area contributed by atoms with Crippen molar-refractivity contribution in [3.05, 3.63) is 12.1 Å². The minimum atomic E-state index is -4.90. The molecule has 2 rings (SSSR count). The van der Waals surface area contributed by atoms with Crippen molar-refractivity contribution in [1.82, 2.24) is 4.90 Å². The molecule has 7 heteroatoms. The molecule has 17 heavy (non-hydrogen) atoms. The van der Waals surface area contributed by atoms with E-state index in [2.05, 4.69) is 6.58 Å². The molecular formula is C10H16BF3KNO. The maximum atomic E-state index is 12.5. The molecule has 0 N–H and O–H groups in total. The Labute approximate surface area is 142 Å². The Bertz CT molecular complexity index is 286. The third kappa shape index (κ3) is 3.58. The summed E-state index contributed by atoms with van der Waals surface area (Å²) in [5.74, 6) is 0. The average Bonchev–Trinajstić information content (AvgIpc) is 2.78. The molecule has 1 atom stereocenters. The first-order valence-electron chi connectivity index (χ1n) is 5.64. The monoisotopic (exact) mass is 273 g/mol. The molecule has 1 unspecified atom stereocenters. The van der Waals surface area contributed by atoms with Crippen LogP contribution in [-0.4, -0.2) is 43.7 Å². The molecule has 2 aliphatic rings. The van der Waals surface area contributed by atoms with Crippen LogP contribution in [0.2, 0.25) is 0 Å². The second-order valence-electron chi connectivity index (χ2n) is 4.79. The Morgan fingerprint density at radius 3 is 2.59 bits per heavy atom. The van der Waals surface area contributed by atoms with Gasteiger partial charge in [0.1, 0.15) is 0 Å². The number of hydrogen-bond donors (Lipinski definition) is 0. The van der Waals surface area contributed by atoms with Gasteiger partial charge in [-0.05, 0) is 32.4 Å². The molecule has 0 aromatic rings. The van der Waals surface area contributed by atoms with Gasteiger partial charge in [0, 0.05) is 12.1 Å². The van der Waals surface area contributed by atoms with Crippen molar-refractivity contribution in [2.24, 2.45) is 0 Å². The van der Waals surface area contributed by atoms with E-state index >= 15 is 0 Å². The molecule has 0 aliphatic carbocycles. The maximum Gasteiger partial charge on any atom is 1.00 e. The molecule has 2 aliphatic heterocycles. The number of rotatable bonds is 3.